The number of nitrogens with one attached hydrogen (secondary N) is 2. The summed E-state index contributed by atoms with van der Waals surface area (Å²) in [7, 11) is 0. The van der Waals surface area contributed by atoms with E-state index < -0.39 is 35.5 Å². The Morgan fingerprint density at radius 2 is 1.60 bits per heavy atom. The predicted octanol–water partition coefficient (Wildman–Crippen LogP) is 5.23. The van der Waals surface area contributed by atoms with Crippen LogP contribution in [0.25, 0.3) is 32.9 Å². The summed E-state index contributed by atoms with van der Waals surface area (Å²) in [5, 5.41) is 18.8. The molecule has 5 saturated heterocycles. The molecule has 68 heavy (non-hydrogen) atoms. The van der Waals surface area contributed by atoms with Crippen molar-refractivity contribution in [3.05, 3.63) is 77.2 Å². The van der Waals surface area contributed by atoms with Gasteiger partial charge in [0.25, 0.3) is 11.8 Å². The number of hydrogen-bond donors (Lipinski definition) is 3. The maximum atomic E-state index is 17.0. The van der Waals surface area contributed by atoms with Gasteiger partial charge >= 0.3 is 6.01 Å². The molecule has 6 aliphatic rings. The number of aryl methyl sites for hydroxylation is 1. The van der Waals surface area contributed by atoms with Gasteiger partial charge < -0.3 is 29.7 Å². The third-order valence-electron chi connectivity index (χ3n) is 15.0. The number of piperidine rings is 3. The molecular weight excluding hydrogens is 870 g/mol. The Morgan fingerprint density at radius 3 is 2.37 bits per heavy atom. The van der Waals surface area contributed by atoms with Crippen LogP contribution in [0.2, 0.25) is 0 Å². The lowest BCUT2D eigenvalue weighted by atomic mass is 9.95. The molecule has 3 unspecified atom stereocenters. The van der Waals surface area contributed by atoms with Crippen molar-refractivity contribution >= 4 is 51.1 Å². The Bertz CT molecular complexity index is 2820. The Hall–Kier alpha value is -6.30. The fraction of sp³-hybridized carbons (Fsp3) is 0.471. The Labute approximate surface area is 393 Å². The second-order valence-corrected chi connectivity index (χ2v) is 19.3. The first-order chi connectivity index (χ1) is 33.1. The number of halogens is 1. The molecule has 8 heterocycles. The van der Waals surface area contributed by atoms with E-state index in [1.165, 1.54) is 0 Å². The molecular formula is C51H56FN9O7. The van der Waals surface area contributed by atoms with Gasteiger partial charge in [0.1, 0.15) is 47.3 Å². The van der Waals surface area contributed by atoms with Crippen molar-refractivity contribution in [1.82, 2.24) is 40.3 Å². The highest BCUT2D eigenvalue weighted by Crippen LogP contribution is 2.39. The minimum absolute atomic E-state index is 0.0258. The summed E-state index contributed by atoms with van der Waals surface area (Å²) in [6.07, 6.45) is 8.56. The molecule has 0 aliphatic carbocycles. The van der Waals surface area contributed by atoms with Crippen LogP contribution in [-0.4, -0.2) is 142 Å². The molecule has 354 valence electrons. The fourth-order valence-corrected chi connectivity index (χ4v) is 11.4. The smallest absolute Gasteiger partial charge is 0.319 e. The number of benzene rings is 3. The van der Waals surface area contributed by atoms with E-state index in [0.717, 1.165) is 112 Å². The van der Waals surface area contributed by atoms with Gasteiger partial charge in [0.2, 0.25) is 11.8 Å². The second kappa shape index (κ2) is 18.3. The van der Waals surface area contributed by atoms with Gasteiger partial charge in [-0.1, -0.05) is 25.1 Å². The number of pyridine rings is 1. The molecule has 2 bridgehead atoms. The van der Waals surface area contributed by atoms with Gasteiger partial charge in [-0.3, -0.25) is 39.3 Å². The summed E-state index contributed by atoms with van der Waals surface area (Å²) in [6, 6.07) is 13.9. The van der Waals surface area contributed by atoms with Gasteiger partial charge in [-0.15, -0.1) is 0 Å². The number of likely N-dealkylation sites (tertiary alicyclic amines) is 2. The quantitative estimate of drug-likeness (QED) is 0.138. The number of carbonyl (C=O) groups is 4. The van der Waals surface area contributed by atoms with Crippen LogP contribution in [0.3, 0.4) is 0 Å². The summed E-state index contributed by atoms with van der Waals surface area (Å²) in [5.74, 6) is -0.915. The second-order valence-electron chi connectivity index (χ2n) is 19.3. The van der Waals surface area contributed by atoms with Gasteiger partial charge in [-0.2, -0.15) is 9.97 Å². The van der Waals surface area contributed by atoms with E-state index in [0.29, 0.717) is 53.7 Å². The average Bonchev–Trinajstić information content (AvgIpc) is 3.81. The zero-order valence-electron chi connectivity index (χ0n) is 38.2. The molecule has 11 rings (SSSR count). The van der Waals surface area contributed by atoms with Crippen molar-refractivity contribution in [1.29, 1.82) is 0 Å². The van der Waals surface area contributed by atoms with Crippen LogP contribution >= 0.6 is 0 Å². The van der Waals surface area contributed by atoms with E-state index in [-0.39, 0.29) is 53.0 Å². The number of aromatic nitrogens is 3. The van der Waals surface area contributed by atoms with Crippen LogP contribution < -0.4 is 25.0 Å². The highest BCUT2D eigenvalue weighted by atomic mass is 19.1. The average molecular weight is 926 g/mol. The number of piperazine rings is 1. The Balaban J connectivity index is 0.696. The number of anilines is 1. The minimum Gasteiger partial charge on any atom is -0.508 e. The molecule has 0 saturated carbocycles. The third kappa shape index (κ3) is 8.49. The molecule has 3 aromatic carbocycles. The van der Waals surface area contributed by atoms with Gasteiger partial charge in [-0.25, -0.2) is 4.39 Å². The van der Waals surface area contributed by atoms with E-state index in [9.17, 15) is 24.3 Å². The summed E-state index contributed by atoms with van der Waals surface area (Å²) in [6.45, 7) is 9.33. The van der Waals surface area contributed by atoms with Crippen LogP contribution in [0.4, 0.5) is 10.2 Å². The zero-order valence-corrected chi connectivity index (χ0v) is 38.2. The molecule has 5 fully saturated rings. The number of carbonyl (C=O) groups excluding carboxylic acids is 4. The summed E-state index contributed by atoms with van der Waals surface area (Å²) in [4.78, 5) is 73.0. The molecule has 17 heteroatoms. The molecule has 3 atom stereocenters. The Morgan fingerprint density at radius 1 is 0.838 bits per heavy atom. The van der Waals surface area contributed by atoms with E-state index >= 15 is 4.39 Å². The van der Waals surface area contributed by atoms with E-state index in [4.69, 9.17) is 24.4 Å². The SMILES string of the molecule is CCc1cccc2cc(O)cc(-c3ncc4c(N5CC6CCC(C5)N6)nc(OCCN5CCC(CN6CCC(Oc7ccc8c(c7)C(=O)N(C7CCC(=O)NC7=O)C8=O)CC6)CC5)nc4c3F)c12. The van der Waals surface area contributed by atoms with Crippen molar-refractivity contribution in [2.75, 3.05) is 63.9 Å². The van der Waals surface area contributed by atoms with Crippen LogP contribution in [-0.2, 0) is 16.0 Å². The van der Waals surface area contributed by atoms with Crippen molar-refractivity contribution in [2.45, 2.75) is 88.9 Å². The van der Waals surface area contributed by atoms with Crippen molar-refractivity contribution in [2.24, 2.45) is 5.92 Å². The molecule has 6 aliphatic heterocycles. The Kier molecular flexibility index (Phi) is 11.9. The number of nitrogens with zero attached hydrogens (tertiary/aromatic N) is 7. The summed E-state index contributed by atoms with van der Waals surface area (Å²) in [5.41, 5.74) is 2.30. The molecule has 3 N–H and O–H groups in total. The maximum Gasteiger partial charge on any atom is 0.319 e. The van der Waals surface area contributed by atoms with Crippen molar-refractivity contribution in [3.63, 3.8) is 0 Å². The number of fused-ring (bicyclic) bond motifs is 5. The highest BCUT2D eigenvalue weighted by molar-refractivity contribution is 6.23. The first-order valence-corrected chi connectivity index (χ1v) is 24.3. The first-order valence-electron chi connectivity index (χ1n) is 24.3. The molecule has 0 spiro atoms. The number of phenols is 1. The third-order valence-corrected chi connectivity index (χ3v) is 15.0. The number of imide groups is 2. The largest absolute Gasteiger partial charge is 0.508 e. The van der Waals surface area contributed by atoms with Crippen molar-refractivity contribution in [3.8, 4) is 28.8 Å². The van der Waals surface area contributed by atoms with Crippen molar-refractivity contribution < 1.29 is 38.1 Å². The summed E-state index contributed by atoms with van der Waals surface area (Å²) >= 11 is 0. The number of rotatable bonds is 12. The predicted molar refractivity (Wildman–Crippen MR) is 251 cm³/mol. The van der Waals surface area contributed by atoms with Crippen LogP contribution in [0.1, 0.15) is 84.6 Å². The minimum atomic E-state index is -1.00. The molecule has 2 aromatic heterocycles. The van der Waals surface area contributed by atoms with Crippen LogP contribution in [0, 0.1) is 11.7 Å². The van der Waals surface area contributed by atoms with E-state index in [2.05, 4.69) is 32.3 Å². The lowest BCUT2D eigenvalue weighted by Crippen LogP contribution is -2.54. The molecule has 4 amide bonds. The van der Waals surface area contributed by atoms with E-state index in [1.54, 1.807) is 36.5 Å². The molecule has 5 aromatic rings. The van der Waals surface area contributed by atoms with Gasteiger partial charge in [-0.05, 0) is 117 Å². The van der Waals surface area contributed by atoms with Gasteiger partial charge in [0.05, 0.1) is 16.5 Å². The normalized spacial score (nSPS) is 22.9. The zero-order chi connectivity index (χ0) is 46.6. The standard InChI is InChI=1S/C51H56FN9O7/c1-2-30-4-3-5-31-22-34(62)23-39(43(30)31)45-44(52)46-40(25-53-45)47(60-27-32-6-7-33(28-60)54-32)57-51(56-46)67-21-20-58-16-12-29(13-17-58)26-59-18-14-35(15-19-59)68-36-8-9-37-38(24-36)50(66)61(49(37)65)41-10-11-42(63)55-48(41)64/h3-5,8-9,22-25,29,32-33,35,41,54,62H,2,6-7,10-21,26-28H2,1H3,(H,55,63,64). The molecule has 0 radical (unpaired) electrons. The number of hydrogen-bond acceptors (Lipinski definition) is 14. The monoisotopic (exact) mass is 925 g/mol. The fourth-order valence-electron chi connectivity index (χ4n) is 11.4. The number of amides is 4. The highest BCUT2D eigenvalue weighted by Gasteiger charge is 2.45. The van der Waals surface area contributed by atoms with Crippen LogP contribution in [0.5, 0.6) is 17.5 Å². The van der Waals surface area contributed by atoms with Crippen LogP contribution in [0.15, 0.2) is 54.7 Å². The number of ether oxygens (including phenoxy) is 2. The lowest BCUT2D eigenvalue weighted by molar-refractivity contribution is -0.136. The number of aromatic hydroxyl groups is 1. The summed E-state index contributed by atoms with van der Waals surface area (Å²) < 4.78 is 29.7. The van der Waals surface area contributed by atoms with E-state index in [1.807, 2.05) is 18.2 Å². The maximum absolute atomic E-state index is 17.0. The van der Waals surface area contributed by atoms with Gasteiger partial charge in [0, 0.05) is 69.5 Å². The van der Waals surface area contributed by atoms with Gasteiger partial charge in [0.15, 0.2) is 5.82 Å². The molecule has 16 nitrogen and oxygen atoms in total. The first kappa shape index (κ1) is 44.2. The topological polar surface area (TPSA) is 183 Å². The lowest BCUT2D eigenvalue weighted by Gasteiger charge is -2.37. The number of phenolic OH excluding ortho intramolecular Hbond substituents is 1.